The molecule has 0 aromatic carbocycles. The zero-order valence-electron chi connectivity index (χ0n) is 9.81. The Morgan fingerprint density at radius 3 is 2.56 bits per heavy atom. The lowest BCUT2D eigenvalue weighted by Gasteiger charge is -2.07. The summed E-state index contributed by atoms with van der Waals surface area (Å²) in [7, 11) is 1.93. The van der Waals surface area contributed by atoms with Crippen molar-refractivity contribution in [3.8, 4) is 0 Å². The molecule has 0 atom stereocenters. The third kappa shape index (κ3) is 2.21. The van der Waals surface area contributed by atoms with Crippen LogP contribution in [0.15, 0.2) is 30.7 Å². The van der Waals surface area contributed by atoms with E-state index >= 15 is 0 Å². The second-order valence-electron chi connectivity index (χ2n) is 4.12. The molecule has 0 bridgehead atoms. The maximum atomic E-state index is 4.41. The summed E-state index contributed by atoms with van der Waals surface area (Å²) in [6, 6.07) is 3.86. The first-order valence-corrected chi connectivity index (χ1v) is 5.37. The fourth-order valence-electron chi connectivity index (χ4n) is 1.60. The van der Waals surface area contributed by atoms with Crippen molar-refractivity contribution < 1.29 is 0 Å². The molecule has 0 unspecified atom stereocenters. The summed E-state index contributed by atoms with van der Waals surface area (Å²) in [6.45, 7) is 4.32. The topological polar surface area (TPSA) is 42.7 Å². The fraction of sp³-hybridized carbons (Fsp3) is 0.333. The molecule has 2 rings (SSSR count). The van der Waals surface area contributed by atoms with E-state index < -0.39 is 0 Å². The average Bonchev–Trinajstić information content (AvgIpc) is 2.61. The van der Waals surface area contributed by atoms with Gasteiger partial charge < -0.3 is 5.32 Å². The first kappa shape index (κ1) is 10.7. The van der Waals surface area contributed by atoms with Gasteiger partial charge in [-0.3, -0.25) is 9.67 Å². The van der Waals surface area contributed by atoms with E-state index in [1.807, 2.05) is 30.1 Å². The Morgan fingerprint density at radius 2 is 1.94 bits per heavy atom. The van der Waals surface area contributed by atoms with E-state index in [4.69, 9.17) is 0 Å². The predicted octanol–water partition coefficient (Wildman–Crippen LogP) is 2.68. The summed E-state index contributed by atoms with van der Waals surface area (Å²) >= 11 is 0. The van der Waals surface area contributed by atoms with Gasteiger partial charge >= 0.3 is 0 Å². The minimum atomic E-state index is 0.457. The van der Waals surface area contributed by atoms with Gasteiger partial charge in [-0.2, -0.15) is 5.10 Å². The number of pyridine rings is 1. The van der Waals surface area contributed by atoms with Crippen molar-refractivity contribution in [3.05, 3.63) is 36.3 Å². The number of aryl methyl sites for hydroxylation is 1. The van der Waals surface area contributed by atoms with Gasteiger partial charge in [-0.1, -0.05) is 13.8 Å². The minimum absolute atomic E-state index is 0.457. The summed E-state index contributed by atoms with van der Waals surface area (Å²) in [5.41, 5.74) is 2.23. The minimum Gasteiger partial charge on any atom is -0.338 e. The molecular formula is C12H16N4. The molecule has 16 heavy (non-hydrogen) atoms. The lowest BCUT2D eigenvalue weighted by atomic mass is 10.1. The van der Waals surface area contributed by atoms with E-state index in [1.165, 1.54) is 5.56 Å². The lowest BCUT2D eigenvalue weighted by molar-refractivity contribution is 0.767. The first-order chi connectivity index (χ1) is 7.66. The van der Waals surface area contributed by atoms with Crippen LogP contribution < -0.4 is 5.32 Å². The highest BCUT2D eigenvalue weighted by molar-refractivity contribution is 5.58. The Kier molecular flexibility index (Phi) is 2.90. The standard InChI is InChI=1S/C12H16N4/c1-9(2)11-8-16(3)15-12(11)14-10-4-6-13-7-5-10/h4-9H,1-3H3,(H,13,14,15). The van der Waals surface area contributed by atoms with Gasteiger partial charge in [0.2, 0.25) is 0 Å². The molecule has 0 aliphatic rings. The molecule has 0 aliphatic carbocycles. The second-order valence-corrected chi connectivity index (χ2v) is 4.12. The van der Waals surface area contributed by atoms with Crippen LogP contribution in [0, 0.1) is 0 Å². The molecule has 0 saturated heterocycles. The Labute approximate surface area is 95.3 Å². The Morgan fingerprint density at radius 1 is 1.25 bits per heavy atom. The van der Waals surface area contributed by atoms with Gasteiger partial charge in [0.1, 0.15) is 0 Å². The van der Waals surface area contributed by atoms with Crippen molar-refractivity contribution in [1.82, 2.24) is 14.8 Å². The molecule has 2 heterocycles. The lowest BCUT2D eigenvalue weighted by Crippen LogP contribution is -1.96. The summed E-state index contributed by atoms with van der Waals surface area (Å²) in [4.78, 5) is 3.98. The molecule has 4 nitrogen and oxygen atoms in total. The second kappa shape index (κ2) is 4.35. The Hall–Kier alpha value is -1.84. The van der Waals surface area contributed by atoms with Crippen molar-refractivity contribution in [2.45, 2.75) is 19.8 Å². The largest absolute Gasteiger partial charge is 0.338 e. The Balaban J connectivity index is 2.28. The van der Waals surface area contributed by atoms with Gasteiger partial charge in [-0.25, -0.2) is 0 Å². The zero-order valence-corrected chi connectivity index (χ0v) is 9.81. The molecule has 0 radical (unpaired) electrons. The van der Waals surface area contributed by atoms with Gasteiger partial charge in [0.25, 0.3) is 0 Å². The van der Waals surface area contributed by atoms with Crippen LogP contribution in [0.2, 0.25) is 0 Å². The maximum Gasteiger partial charge on any atom is 0.155 e. The SMILES string of the molecule is CC(C)c1cn(C)nc1Nc1ccncc1. The van der Waals surface area contributed by atoms with E-state index in [0.717, 1.165) is 11.5 Å². The predicted molar refractivity (Wildman–Crippen MR) is 64.8 cm³/mol. The van der Waals surface area contributed by atoms with Crippen molar-refractivity contribution in [3.63, 3.8) is 0 Å². The third-order valence-corrected chi connectivity index (χ3v) is 2.42. The maximum absolute atomic E-state index is 4.41. The normalized spacial score (nSPS) is 10.8. The first-order valence-electron chi connectivity index (χ1n) is 5.37. The Bertz CT molecular complexity index is 459. The van der Waals surface area contributed by atoms with Gasteiger partial charge in [-0.15, -0.1) is 0 Å². The number of nitrogens with one attached hydrogen (secondary N) is 1. The van der Waals surface area contributed by atoms with Crippen molar-refractivity contribution in [2.75, 3.05) is 5.32 Å². The highest BCUT2D eigenvalue weighted by Gasteiger charge is 2.10. The van der Waals surface area contributed by atoms with Crippen LogP contribution in [0.3, 0.4) is 0 Å². The number of nitrogens with zero attached hydrogens (tertiary/aromatic N) is 3. The fourth-order valence-corrected chi connectivity index (χ4v) is 1.60. The number of rotatable bonds is 3. The molecule has 1 N–H and O–H groups in total. The summed E-state index contributed by atoms with van der Waals surface area (Å²) < 4.78 is 1.83. The quantitative estimate of drug-likeness (QED) is 0.857. The smallest absolute Gasteiger partial charge is 0.155 e. The molecule has 2 aromatic rings. The molecule has 4 heteroatoms. The van der Waals surface area contributed by atoms with E-state index in [-0.39, 0.29) is 0 Å². The van der Waals surface area contributed by atoms with Crippen LogP contribution in [0.4, 0.5) is 11.5 Å². The van der Waals surface area contributed by atoms with Crippen LogP contribution >= 0.6 is 0 Å². The summed E-state index contributed by atoms with van der Waals surface area (Å²) in [6.07, 6.45) is 5.58. The van der Waals surface area contributed by atoms with Crippen molar-refractivity contribution >= 4 is 11.5 Å². The molecule has 0 fully saturated rings. The molecule has 0 spiro atoms. The molecule has 0 aliphatic heterocycles. The average molecular weight is 216 g/mol. The third-order valence-electron chi connectivity index (χ3n) is 2.42. The van der Waals surface area contributed by atoms with Crippen molar-refractivity contribution in [1.29, 1.82) is 0 Å². The van der Waals surface area contributed by atoms with E-state index in [1.54, 1.807) is 12.4 Å². The molecule has 84 valence electrons. The van der Waals surface area contributed by atoms with Gasteiger partial charge in [0, 0.05) is 36.9 Å². The highest BCUT2D eigenvalue weighted by Crippen LogP contribution is 2.24. The zero-order chi connectivity index (χ0) is 11.5. The van der Waals surface area contributed by atoms with Crippen LogP contribution in [0.1, 0.15) is 25.3 Å². The highest BCUT2D eigenvalue weighted by atomic mass is 15.3. The van der Waals surface area contributed by atoms with Gasteiger partial charge in [0.05, 0.1) is 0 Å². The van der Waals surface area contributed by atoms with Gasteiger partial charge in [-0.05, 0) is 18.1 Å². The van der Waals surface area contributed by atoms with Crippen molar-refractivity contribution in [2.24, 2.45) is 7.05 Å². The number of aromatic nitrogens is 3. The molecular weight excluding hydrogens is 200 g/mol. The van der Waals surface area contributed by atoms with Crippen LogP contribution in [0.5, 0.6) is 0 Å². The molecule has 0 saturated carbocycles. The van der Waals surface area contributed by atoms with E-state index in [2.05, 4.69) is 29.2 Å². The number of hydrogen-bond donors (Lipinski definition) is 1. The van der Waals surface area contributed by atoms with E-state index in [0.29, 0.717) is 5.92 Å². The van der Waals surface area contributed by atoms with Gasteiger partial charge in [0.15, 0.2) is 5.82 Å². The summed E-state index contributed by atoms with van der Waals surface area (Å²) in [5, 5.41) is 7.72. The number of anilines is 2. The monoisotopic (exact) mass is 216 g/mol. The van der Waals surface area contributed by atoms with Crippen LogP contribution in [0.25, 0.3) is 0 Å². The molecule has 2 aromatic heterocycles. The molecule has 0 amide bonds. The van der Waals surface area contributed by atoms with Crippen LogP contribution in [-0.4, -0.2) is 14.8 Å². The summed E-state index contributed by atoms with van der Waals surface area (Å²) in [5.74, 6) is 1.38. The van der Waals surface area contributed by atoms with E-state index in [9.17, 15) is 0 Å². The number of hydrogen-bond acceptors (Lipinski definition) is 3. The van der Waals surface area contributed by atoms with Crippen LogP contribution in [-0.2, 0) is 7.05 Å².